The molecule has 0 saturated heterocycles. The number of aromatic hydroxyl groups is 1. The molecule has 0 aliphatic carbocycles. The summed E-state index contributed by atoms with van der Waals surface area (Å²) in [6.45, 7) is 4.19. The maximum atomic E-state index is 9.54. The highest BCUT2D eigenvalue weighted by Gasteiger charge is 2.20. The number of hydrogen-bond donors (Lipinski definition) is 1. The second-order valence-corrected chi connectivity index (χ2v) is 3.47. The van der Waals surface area contributed by atoms with Crippen molar-refractivity contribution < 1.29 is 19.3 Å². The zero-order chi connectivity index (χ0) is 11.5. The Bertz CT molecular complexity index is 411. The average Bonchev–Trinajstić information content (AvgIpc) is 2.69. The summed E-state index contributed by atoms with van der Waals surface area (Å²) in [6, 6.07) is 5.03. The average molecular weight is 222 g/mol. The molecule has 1 heterocycles. The summed E-state index contributed by atoms with van der Waals surface area (Å²) >= 11 is 0. The van der Waals surface area contributed by atoms with Crippen LogP contribution in [0.5, 0.6) is 11.5 Å². The van der Waals surface area contributed by atoms with Gasteiger partial charge >= 0.3 is 0 Å². The van der Waals surface area contributed by atoms with Crippen molar-refractivity contribution in [2.75, 3.05) is 6.61 Å². The fraction of sp³-hybridized carbons (Fsp3) is 0.333. The van der Waals surface area contributed by atoms with E-state index < -0.39 is 6.29 Å². The Balaban J connectivity index is 2.19. The summed E-state index contributed by atoms with van der Waals surface area (Å²) < 4.78 is 16.0. The molecule has 0 amide bonds. The molecule has 1 aromatic carbocycles. The van der Waals surface area contributed by atoms with Crippen molar-refractivity contribution in [2.45, 2.75) is 20.1 Å². The first-order valence-electron chi connectivity index (χ1n) is 5.15. The lowest BCUT2D eigenvalue weighted by Gasteiger charge is -2.13. The zero-order valence-corrected chi connectivity index (χ0v) is 9.27. The quantitative estimate of drug-likeness (QED) is 0.854. The van der Waals surface area contributed by atoms with Crippen LogP contribution in [0.4, 0.5) is 0 Å². The lowest BCUT2D eigenvalue weighted by atomic mass is 10.2. The first-order chi connectivity index (χ1) is 7.70. The number of phenolic OH excluding ortho intramolecular Hbond substituents is 1. The van der Waals surface area contributed by atoms with Crippen LogP contribution in [0.2, 0.25) is 0 Å². The van der Waals surface area contributed by atoms with E-state index in [1.54, 1.807) is 24.5 Å². The van der Waals surface area contributed by atoms with Crippen LogP contribution in [0.3, 0.4) is 0 Å². The summed E-state index contributed by atoms with van der Waals surface area (Å²) in [6.07, 6.45) is 1.12. The molecule has 1 aliphatic rings. The monoisotopic (exact) mass is 222 g/mol. The van der Waals surface area contributed by atoms with Gasteiger partial charge in [-0.1, -0.05) is 0 Å². The van der Waals surface area contributed by atoms with E-state index >= 15 is 0 Å². The van der Waals surface area contributed by atoms with Gasteiger partial charge < -0.3 is 19.3 Å². The normalized spacial score (nSPS) is 18.6. The Kier molecular flexibility index (Phi) is 2.90. The number of allylic oxidation sites excluding steroid dienone is 1. The van der Waals surface area contributed by atoms with Crippen LogP contribution >= 0.6 is 0 Å². The lowest BCUT2D eigenvalue weighted by Crippen LogP contribution is -2.00. The maximum Gasteiger partial charge on any atom is 0.266 e. The van der Waals surface area contributed by atoms with Crippen molar-refractivity contribution in [1.82, 2.24) is 0 Å². The first-order valence-corrected chi connectivity index (χ1v) is 5.15. The molecule has 1 aromatic rings. The van der Waals surface area contributed by atoms with E-state index in [0.717, 1.165) is 11.3 Å². The van der Waals surface area contributed by atoms with Gasteiger partial charge in [0.25, 0.3) is 6.29 Å². The largest absolute Gasteiger partial charge is 0.504 e. The Morgan fingerprint density at radius 3 is 2.88 bits per heavy atom. The predicted octanol–water partition coefficient (Wildman–Crippen LogP) is 2.70. The minimum atomic E-state index is -0.445. The summed E-state index contributed by atoms with van der Waals surface area (Å²) in [5, 5.41) is 9.54. The van der Waals surface area contributed by atoms with E-state index in [1.807, 2.05) is 13.8 Å². The summed E-state index contributed by atoms with van der Waals surface area (Å²) in [7, 11) is 0. The molecule has 4 heteroatoms. The number of phenols is 1. The molecule has 1 unspecified atom stereocenters. The van der Waals surface area contributed by atoms with Gasteiger partial charge in [0.1, 0.15) is 12.0 Å². The molecule has 86 valence electrons. The Morgan fingerprint density at radius 1 is 1.44 bits per heavy atom. The number of ether oxygens (including phenoxy) is 3. The Labute approximate surface area is 94.1 Å². The fourth-order valence-electron chi connectivity index (χ4n) is 1.48. The Hall–Kier alpha value is -1.84. The van der Waals surface area contributed by atoms with Crippen LogP contribution in [0.1, 0.15) is 25.7 Å². The third kappa shape index (κ3) is 2.05. The second-order valence-electron chi connectivity index (χ2n) is 3.47. The van der Waals surface area contributed by atoms with E-state index in [1.165, 1.54) is 0 Å². The van der Waals surface area contributed by atoms with Crippen molar-refractivity contribution in [2.24, 2.45) is 0 Å². The third-order valence-electron chi connectivity index (χ3n) is 2.21. The van der Waals surface area contributed by atoms with Crippen LogP contribution in [-0.4, -0.2) is 11.7 Å². The van der Waals surface area contributed by atoms with Crippen molar-refractivity contribution >= 4 is 0 Å². The second kappa shape index (κ2) is 4.35. The molecule has 1 atom stereocenters. The maximum absolute atomic E-state index is 9.54. The molecule has 0 spiro atoms. The molecule has 0 aromatic heterocycles. The number of rotatable bonds is 3. The molecule has 0 radical (unpaired) electrons. The van der Waals surface area contributed by atoms with E-state index in [2.05, 4.69) is 0 Å². The van der Waals surface area contributed by atoms with Gasteiger partial charge in [0.2, 0.25) is 0 Å². The smallest absolute Gasteiger partial charge is 0.266 e. The molecule has 0 bridgehead atoms. The van der Waals surface area contributed by atoms with Gasteiger partial charge in [-0.2, -0.15) is 0 Å². The van der Waals surface area contributed by atoms with Crippen molar-refractivity contribution in [3.63, 3.8) is 0 Å². The van der Waals surface area contributed by atoms with Gasteiger partial charge in [-0.15, -0.1) is 0 Å². The fourth-order valence-corrected chi connectivity index (χ4v) is 1.48. The standard InChI is InChI=1S/C12H14O4/c1-3-14-11-6-9(4-5-10(11)13)12-15-7-8(2)16-12/h4-7,12-13H,3H2,1-2H3. The number of benzene rings is 1. The van der Waals surface area contributed by atoms with Crippen LogP contribution in [0, 0.1) is 0 Å². The van der Waals surface area contributed by atoms with Crippen molar-refractivity contribution in [1.29, 1.82) is 0 Å². The molecule has 1 N–H and O–H groups in total. The minimum Gasteiger partial charge on any atom is -0.504 e. The van der Waals surface area contributed by atoms with Crippen LogP contribution in [-0.2, 0) is 9.47 Å². The zero-order valence-electron chi connectivity index (χ0n) is 9.27. The van der Waals surface area contributed by atoms with Gasteiger partial charge in [0, 0.05) is 5.56 Å². The van der Waals surface area contributed by atoms with Gasteiger partial charge in [-0.3, -0.25) is 0 Å². The SMILES string of the molecule is CCOc1cc(C2OC=C(C)O2)ccc1O. The highest BCUT2D eigenvalue weighted by Crippen LogP contribution is 2.34. The predicted molar refractivity (Wildman–Crippen MR) is 57.9 cm³/mol. The topological polar surface area (TPSA) is 47.9 Å². The molecule has 2 rings (SSSR count). The minimum absolute atomic E-state index is 0.119. The Morgan fingerprint density at radius 2 is 2.25 bits per heavy atom. The molecular formula is C12H14O4. The van der Waals surface area contributed by atoms with E-state index in [0.29, 0.717) is 12.4 Å². The van der Waals surface area contributed by atoms with E-state index in [-0.39, 0.29) is 5.75 Å². The molecule has 1 aliphatic heterocycles. The van der Waals surface area contributed by atoms with Gasteiger partial charge in [0.05, 0.1) is 6.61 Å². The van der Waals surface area contributed by atoms with Gasteiger partial charge in [-0.25, -0.2) is 0 Å². The highest BCUT2D eigenvalue weighted by molar-refractivity contribution is 5.42. The van der Waals surface area contributed by atoms with Crippen LogP contribution in [0.15, 0.2) is 30.2 Å². The van der Waals surface area contributed by atoms with E-state index in [9.17, 15) is 5.11 Å². The lowest BCUT2D eigenvalue weighted by molar-refractivity contribution is -0.0333. The first kappa shape index (κ1) is 10.7. The highest BCUT2D eigenvalue weighted by atomic mass is 16.7. The molecular weight excluding hydrogens is 208 g/mol. The molecule has 0 saturated carbocycles. The number of hydrogen-bond acceptors (Lipinski definition) is 4. The van der Waals surface area contributed by atoms with Gasteiger partial charge in [-0.05, 0) is 32.0 Å². The van der Waals surface area contributed by atoms with E-state index in [4.69, 9.17) is 14.2 Å². The summed E-state index contributed by atoms with van der Waals surface area (Å²) in [5.74, 6) is 1.29. The van der Waals surface area contributed by atoms with Crippen molar-refractivity contribution in [3.8, 4) is 11.5 Å². The van der Waals surface area contributed by atoms with Crippen molar-refractivity contribution in [3.05, 3.63) is 35.8 Å². The molecule has 4 nitrogen and oxygen atoms in total. The molecule has 0 fully saturated rings. The van der Waals surface area contributed by atoms with Gasteiger partial charge in [0.15, 0.2) is 11.5 Å². The summed E-state index contributed by atoms with van der Waals surface area (Å²) in [5.41, 5.74) is 0.814. The third-order valence-corrected chi connectivity index (χ3v) is 2.21. The summed E-state index contributed by atoms with van der Waals surface area (Å²) in [4.78, 5) is 0. The molecule has 16 heavy (non-hydrogen) atoms. The van der Waals surface area contributed by atoms with Crippen LogP contribution < -0.4 is 4.74 Å². The van der Waals surface area contributed by atoms with Crippen LogP contribution in [0.25, 0.3) is 0 Å².